The average molecular weight is 281 g/mol. The minimum absolute atomic E-state index is 0.341. The van der Waals surface area contributed by atoms with E-state index in [-0.39, 0.29) is 0 Å². The number of likely N-dealkylation sites (tertiary alicyclic amines) is 2. The Morgan fingerprint density at radius 3 is 1.89 bits per heavy atom. The van der Waals surface area contributed by atoms with Gasteiger partial charge < -0.3 is 14.5 Å². The largest absolute Gasteiger partial charge is 0.490 e. The van der Waals surface area contributed by atoms with Crippen molar-refractivity contribution < 1.29 is 4.74 Å². The fraction of sp³-hybridized carbons (Fsp3) is 0.600. The standard InChI is InChI=1S/C15H21ClN2O/c1-17-7-11-9-18(2)10-12(8-17)15(11)19-14-5-3-13(16)4-6-14/h3-6,11-12,15H,7-10H2,1-2H3. The first-order valence-corrected chi connectivity index (χ1v) is 7.29. The second-order valence-corrected chi connectivity index (χ2v) is 6.44. The second-order valence-electron chi connectivity index (χ2n) is 6.00. The van der Waals surface area contributed by atoms with Gasteiger partial charge in [0.2, 0.25) is 0 Å². The van der Waals surface area contributed by atoms with Crippen molar-refractivity contribution in [1.82, 2.24) is 9.80 Å². The van der Waals surface area contributed by atoms with Crippen LogP contribution in [0.1, 0.15) is 0 Å². The molecule has 0 N–H and O–H groups in total. The lowest BCUT2D eigenvalue weighted by Crippen LogP contribution is -2.60. The fourth-order valence-corrected chi connectivity index (χ4v) is 3.66. The summed E-state index contributed by atoms with van der Waals surface area (Å²) in [4.78, 5) is 4.87. The molecular formula is C15H21ClN2O. The normalized spacial score (nSPS) is 32.3. The number of hydrogen-bond acceptors (Lipinski definition) is 3. The molecule has 2 aliphatic rings. The molecule has 3 rings (SSSR count). The summed E-state index contributed by atoms with van der Waals surface area (Å²) in [6, 6.07) is 7.74. The maximum Gasteiger partial charge on any atom is 0.119 e. The molecule has 0 aromatic heterocycles. The van der Waals surface area contributed by atoms with Crippen molar-refractivity contribution in [2.24, 2.45) is 11.8 Å². The van der Waals surface area contributed by atoms with E-state index in [9.17, 15) is 0 Å². The summed E-state index contributed by atoms with van der Waals surface area (Å²) in [5.41, 5.74) is 0. The molecule has 2 aliphatic heterocycles. The summed E-state index contributed by atoms with van der Waals surface area (Å²) in [5, 5.41) is 0.760. The number of ether oxygens (including phenoxy) is 1. The molecule has 0 radical (unpaired) electrons. The van der Waals surface area contributed by atoms with Gasteiger partial charge in [-0.05, 0) is 38.4 Å². The van der Waals surface area contributed by atoms with Gasteiger partial charge in [-0.1, -0.05) is 11.6 Å². The lowest BCUT2D eigenvalue weighted by molar-refractivity contribution is -0.0518. The molecule has 104 valence electrons. The highest BCUT2D eigenvalue weighted by molar-refractivity contribution is 6.30. The van der Waals surface area contributed by atoms with E-state index in [2.05, 4.69) is 23.9 Å². The zero-order valence-electron chi connectivity index (χ0n) is 11.6. The van der Waals surface area contributed by atoms with E-state index in [1.165, 1.54) is 0 Å². The maximum atomic E-state index is 6.26. The quantitative estimate of drug-likeness (QED) is 0.826. The zero-order chi connectivity index (χ0) is 13.4. The van der Waals surface area contributed by atoms with Crippen molar-refractivity contribution >= 4 is 11.6 Å². The zero-order valence-corrected chi connectivity index (χ0v) is 12.3. The monoisotopic (exact) mass is 280 g/mol. The van der Waals surface area contributed by atoms with Crippen LogP contribution in [0.5, 0.6) is 5.75 Å². The molecule has 4 heteroatoms. The highest BCUT2D eigenvalue weighted by Gasteiger charge is 2.41. The van der Waals surface area contributed by atoms with E-state index < -0.39 is 0 Å². The predicted octanol–water partition coefficient (Wildman–Crippen LogP) is 2.21. The first kappa shape index (κ1) is 13.2. The molecule has 0 amide bonds. The van der Waals surface area contributed by atoms with Crippen LogP contribution in [0.4, 0.5) is 0 Å². The van der Waals surface area contributed by atoms with E-state index in [4.69, 9.17) is 16.3 Å². The van der Waals surface area contributed by atoms with Crippen LogP contribution in [0, 0.1) is 11.8 Å². The summed E-state index contributed by atoms with van der Waals surface area (Å²) >= 11 is 5.92. The number of hydrogen-bond donors (Lipinski definition) is 0. The summed E-state index contributed by atoms with van der Waals surface area (Å²) < 4.78 is 6.26. The Morgan fingerprint density at radius 2 is 1.42 bits per heavy atom. The Kier molecular flexibility index (Phi) is 3.70. The number of halogens is 1. The van der Waals surface area contributed by atoms with Crippen molar-refractivity contribution in [2.45, 2.75) is 6.10 Å². The molecule has 2 bridgehead atoms. The summed E-state index contributed by atoms with van der Waals surface area (Å²) in [5.74, 6) is 2.13. The molecule has 0 spiro atoms. The third-order valence-corrected chi connectivity index (χ3v) is 4.45. The van der Waals surface area contributed by atoms with Gasteiger partial charge in [0.15, 0.2) is 0 Å². The predicted molar refractivity (Wildman–Crippen MR) is 77.8 cm³/mol. The molecule has 1 aromatic rings. The number of rotatable bonds is 2. The first-order valence-electron chi connectivity index (χ1n) is 6.91. The molecule has 2 fully saturated rings. The molecule has 3 nitrogen and oxygen atoms in total. The van der Waals surface area contributed by atoms with Crippen LogP contribution in [-0.2, 0) is 0 Å². The molecule has 0 aliphatic carbocycles. The van der Waals surface area contributed by atoms with Crippen LogP contribution in [0.2, 0.25) is 5.02 Å². The molecule has 1 aromatic carbocycles. The molecule has 2 saturated heterocycles. The maximum absolute atomic E-state index is 6.26. The lowest BCUT2D eigenvalue weighted by Gasteiger charge is -2.48. The van der Waals surface area contributed by atoms with Gasteiger partial charge in [0.1, 0.15) is 11.9 Å². The van der Waals surface area contributed by atoms with Crippen LogP contribution in [0.15, 0.2) is 24.3 Å². The van der Waals surface area contributed by atoms with Crippen LogP contribution < -0.4 is 4.74 Å². The second kappa shape index (κ2) is 5.31. The Labute approximate surface area is 120 Å². The van der Waals surface area contributed by atoms with E-state index >= 15 is 0 Å². The molecule has 19 heavy (non-hydrogen) atoms. The van der Waals surface area contributed by atoms with Gasteiger partial charge in [-0.3, -0.25) is 0 Å². The van der Waals surface area contributed by atoms with Crippen molar-refractivity contribution in [3.05, 3.63) is 29.3 Å². The minimum Gasteiger partial charge on any atom is -0.490 e. The van der Waals surface area contributed by atoms with E-state index in [1.54, 1.807) is 0 Å². The minimum atomic E-state index is 0.341. The Balaban J connectivity index is 1.75. The third kappa shape index (κ3) is 2.88. The Bertz CT molecular complexity index is 406. The first-order chi connectivity index (χ1) is 9.11. The number of benzene rings is 1. The van der Waals surface area contributed by atoms with Gasteiger partial charge in [0.05, 0.1) is 0 Å². The number of piperidine rings is 2. The van der Waals surface area contributed by atoms with Gasteiger partial charge in [0, 0.05) is 43.0 Å². The lowest BCUT2D eigenvalue weighted by atomic mass is 9.82. The van der Waals surface area contributed by atoms with Crippen LogP contribution >= 0.6 is 11.6 Å². The molecule has 0 atom stereocenters. The fourth-order valence-electron chi connectivity index (χ4n) is 3.53. The number of fused-ring (bicyclic) bond motifs is 2. The van der Waals surface area contributed by atoms with Crippen LogP contribution in [0.3, 0.4) is 0 Å². The van der Waals surface area contributed by atoms with Gasteiger partial charge in [-0.15, -0.1) is 0 Å². The van der Waals surface area contributed by atoms with Crippen molar-refractivity contribution in [3.8, 4) is 5.75 Å². The molecule has 0 saturated carbocycles. The summed E-state index contributed by atoms with van der Waals surface area (Å²) in [6.07, 6.45) is 0.341. The van der Waals surface area contributed by atoms with E-state index in [1.807, 2.05) is 24.3 Å². The van der Waals surface area contributed by atoms with Gasteiger partial charge in [-0.25, -0.2) is 0 Å². The highest BCUT2D eigenvalue weighted by atomic mass is 35.5. The molecule has 0 unspecified atom stereocenters. The highest BCUT2D eigenvalue weighted by Crippen LogP contribution is 2.31. The Morgan fingerprint density at radius 1 is 0.947 bits per heavy atom. The van der Waals surface area contributed by atoms with Gasteiger partial charge in [0.25, 0.3) is 0 Å². The third-order valence-electron chi connectivity index (χ3n) is 4.20. The summed E-state index contributed by atoms with van der Waals surface area (Å²) in [6.45, 7) is 4.50. The van der Waals surface area contributed by atoms with Crippen molar-refractivity contribution in [2.75, 3.05) is 40.3 Å². The molecule has 2 heterocycles. The smallest absolute Gasteiger partial charge is 0.119 e. The topological polar surface area (TPSA) is 15.7 Å². The van der Waals surface area contributed by atoms with Crippen LogP contribution in [0.25, 0.3) is 0 Å². The Hall–Kier alpha value is -0.770. The van der Waals surface area contributed by atoms with E-state index in [0.29, 0.717) is 17.9 Å². The van der Waals surface area contributed by atoms with Gasteiger partial charge >= 0.3 is 0 Å². The average Bonchev–Trinajstić information content (AvgIpc) is 2.33. The molecular weight excluding hydrogens is 260 g/mol. The van der Waals surface area contributed by atoms with Crippen molar-refractivity contribution in [1.29, 1.82) is 0 Å². The number of nitrogens with zero attached hydrogens (tertiary/aromatic N) is 2. The SMILES string of the molecule is CN1CC2CN(C)CC(C1)C2Oc1ccc(Cl)cc1. The van der Waals surface area contributed by atoms with Gasteiger partial charge in [-0.2, -0.15) is 0 Å². The van der Waals surface area contributed by atoms with E-state index in [0.717, 1.165) is 37.0 Å². The van der Waals surface area contributed by atoms with Crippen molar-refractivity contribution in [3.63, 3.8) is 0 Å². The van der Waals surface area contributed by atoms with Crippen LogP contribution in [-0.4, -0.2) is 56.2 Å². The summed E-state index contributed by atoms with van der Waals surface area (Å²) in [7, 11) is 4.42.